The lowest BCUT2D eigenvalue weighted by Gasteiger charge is -2.13. The smallest absolute Gasteiger partial charge is 0.421 e. The SMILES string of the molecule is CCCCOC(=O)NS(=O)(=O)c1sc(CC(C)C)cc1-c1cccc(CN2C(=O)C=NC2=O)c1. The highest BCUT2D eigenvalue weighted by Crippen LogP contribution is 2.36. The number of amides is 4. The van der Waals surface area contributed by atoms with Crippen molar-refractivity contribution in [3.05, 3.63) is 40.8 Å². The van der Waals surface area contributed by atoms with Gasteiger partial charge in [0, 0.05) is 10.4 Å². The summed E-state index contributed by atoms with van der Waals surface area (Å²) in [5.41, 5.74) is 1.66. The summed E-state index contributed by atoms with van der Waals surface area (Å²) in [6.45, 7) is 6.14. The monoisotopic (exact) mass is 505 g/mol. The van der Waals surface area contributed by atoms with Gasteiger partial charge in [-0.15, -0.1) is 11.3 Å². The summed E-state index contributed by atoms with van der Waals surface area (Å²) in [5, 5.41) is 0. The second kappa shape index (κ2) is 10.9. The van der Waals surface area contributed by atoms with Crippen LogP contribution in [0.4, 0.5) is 9.59 Å². The number of benzene rings is 1. The molecule has 0 bridgehead atoms. The van der Waals surface area contributed by atoms with E-state index in [0.29, 0.717) is 35.4 Å². The van der Waals surface area contributed by atoms with Crippen molar-refractivity contribution < 1.29 is 27.5 Å². The van der Waals surface area contributed by atoms with Crippen LogP contribution in [0.15, 0.2) is 39.5 Å². The predicted molar refractivity (Wildman–Crippen MR) is 129 cm³/mol. The standard InChI is InChI=1S/C23H27N3O6S2/c1-4-5-9-32-23(29)25-34(30,31)21-19(12-18(33-21)10-15(2)3)17-8-6-7-16(11-17)14-26-20(27)13-24-22(26)28/h6-8,11-13,15H,4-5,9-10,14H2,1-3H3,(H,25,29). The minimum atomic E-state index is -4.19. The zero-order valence-electron chi connectivity index (χ0n) is 19.2. The Morgan fingerprint density at radius 1 is 1.24 bits per heavy atom. The molecule has 2 heterocycles. The molecule has 11 heteroatoms. The molecule has 0 saturated heterocycles. The number of sulfonamides is 1. The molecular weight excluding hydrogens is 478 g/mol. The maximum atomic E-state index is 13.1. The second-order valence-electron chi connectivity index (χ2n) is 8.27. The molecule has 4 amide bonds. The van der Waals surface area contributed by atoms with Gasteiger partial charge in [0.1, 0.15) is 4.21 Å². The van der Waals surface area contributed by atoms with E-state index in [1.54, 1.807) is 30.3 Å². The van der Waals surface area contributed by atoms with Gasteiger partial charge < -0.3 is 4.74 Å². The van der Waals surface area contributed by atoms with Crippen LogP contribution in [0.2, 0.25) is 0 Å². The molecule has 0 radical (unpaired) electrons. The highest BCUT2D eigenvalue weighted by atomic mass is 32.2. The molecule has 0 fully saturated rings. The van der Waals surface area contributed by atoms with Gasteiger partial charge in [0.05, 0.1) is 19.4 Å². The lowest BCUT2D eigenvalue weighted by atomic mass is 10.0. The molecule has 1 N–H and O–H groups in total. The van der Waals surface area contributed by atoms with Crippen molar-refractivity contribution in [3.8, 4) is 11.1 Å². The van der Waals surface area contributed by atoms with Crippen molar-refractivity contribution in [3.63, 3.8) is 0 Å². The van der Waals surface area contributed by atoms with Gasteiger partial charge in [-0.1, -0.05) is 45.4 Å². The average molecular weight is 506 g/mol. The van der Waals surface area contributed by atoms with Crippen molar-refractivity contribution >= 4 is 45.6 Å². The van der Waals surface area contributed by atoms with Crippen LogP contribution in [0.1, 0.15) is 44.1 Å². The van der Waals surface area contributed by atoms with E-state index in [1.807, 2.05) is 25.5 Å². The first-order valence-corrected chi connectivity index (χ1v) is 13.2. The van der Waals surface area contributed by atoms with Crippen LogP contribution < -0.4 is 4.72 Å². The highest BCUT2D eigenvalue weighted by Gasteiger charge is 2.28. The summed E-state index contributed by atoms with van der Waals surface area (Å²) in [7, 11) is -4.19. The van der Waals surface area contributed by atoms with Crippen molar-refractivity contribution in [2.24, 2.45) is 10.9 Å². The van der Waals surface area contributed by atoms with E-state index in [9.17, 15) is 22.8 Å². The number of imide groups is 1. The quantitative estimate of drug-likeness (QED) is 0.479. The fourth-order valence-corrected chi connectivity index (χ4v) is 6.17. The largest absolute Gasteiger partial charge is 0.449 e. The zero-order valence-corrected chi connectivity index (χ0v) is 20.9. The Bertz CT molecular complexity index is 1200. The average Bonchev–Trinajstić information content (AvgIpc) is 3.32. The Balaban J connectivity index is 1.93. The number of hydrogen-bond donors (Lipinski definition) is 1. The van der Waals surface area contributed by atoms with Crippen LogP contribution in [0, 0.1) is 5.92 Å². The molecular formula is C23H27N3O6S2. The Hall–Kier alpha value is -3.05. The number of thiophene rings is 1. The molecule has 0 unspecified atom stereocenters. The molecule has 0 aliphatic carbocycles. The van der Waals surface area contributed by atoms with Gasteiger partial charge in [0.2, 0.25) is 0 Å². The summed E-state index contributed by atoms with van der Waals surface area (Å²) >= 11 is 1.10. The van der Waals surface area contributed by atoms with E-state index >= 15 is 0 Å². The van der Waals surface area contributed by atoms with Gasteiger partial charge >= 0.3 is 12.1 Å². The van der Waals surface area contributed by atoms with Crippen LogP contribution in [-0.2, 0) is 32.5 Å². The lowest BCUT2D eigenvalue weighted by Crippen LogP contribution is -2.31. The Labute approximate surface area is 202 Å². The van der Waals surface area contributed by atoms with Crippen LogP contribution in [0.3, 0.4) is 0 Å². The third-order valence-electron chi connectivity index (χ3n) is 4.91. The minimum absolute atomic E-state index is 0.00407. The van der Waals surface area contributed by atoms with Gasteiger partial charge in [-0.05, 0) is 42.0 Å². The first-order chi connectivity index (χ1) is 16.1. The second-order valence-corrected chi connectivity index (χ2v) is 11.3. The number of nitrogens with one attached hydrogen (secondary N) is 1. The molecule has 0 spiro atoms. The topological polar surface area (TPSA) is 122 Å². The van der Waals surface area contributed by atoms with Crippen molar-refractivity contribution in [1.82, 2.24) is 9.62 Å². The van der Waals surface area contributed by atoms with Crippen LogP contribution in [0.5, 0.6) is 0 Å². The fourth-order valence-electron chi connectivity index (χ4n) is 3.33. The van der Waals surface area contributed by atoms with Crippen molar-refractivity contribution in [2.75, 3.05) is 6.61 Å². The van der Waals surface area contributed by atoms with E-state index < -0.39 is 28.1 Å². The van der Waals surface area contributed by atoms with Gasteiger partial charge in [0.15, 0.2) is 0 Å². The Morgan fingerprint density at radius 3 is 2.65 bits per heavy atom. The molecule has 1 aliphatic heterocycles. The molecule has 2 aromatic rings. The third-order valence-corrected chi connectivity index (χ3v) is 7.92. The molecule has 0 atom stereocenters. The number of unbranched alkanes of at least 4 members (excludes halogenated alkanes) is 1. The fraction of sp³-hybridized carbons (Fsp3) is 0.391. The lowest BCUT2D eigenvalue weighted by molar-refractivity contribution is -0.120. The van der Waals surface area contributed by atoms with Crippen LogP contribution >= 0.6 is 11.3 Å². The molecule has 182 valence electrons. The van der Waals surface area contributed by atoms with Crippen LogP contribution in [-0.4, -0.2) is 44.2 Å². The summed E-state index contributed by atoms with van der Waals surface area (Å²) in [5.74, 6) is -0.202. The maximum Gasteiger partial charge on any atom is 0.421 e. The molecule has 1 aliphatic rings. The minimum Gasteiger partial charge on any atom is -0.449 e. The van der Waals surface area contributed by atoms with E-state index in [4.69, 9.17) is 4.74 Å². The number of carbonyl (C=O) groups excluding carboxylic acids is 3. The predicted octanol–water partition coefficient (Wildman–Crippen LogP) is 4.36. The van der Waals surface area contributed by atoms with Gasteiger partial charge in [0.25, 0.3) is 15.9 Å². The van der Waals surface area contributed by atoms with E-state index in [1.165, 1.54) is 0 Å². The number of urea groups is 1. The highest BCUT2D eigenvalue weighted by molar-refractivity contribution is 7.92. The molecule has 1 aromatic carbocycles. The number of ether oxygens (including phenoxy) is 1. The molecule has 9 nitrogen and oxygen atoms in total. The van der Waals surface area contributed by atoms with Gasteiger partial charge in [-0.2, -0.15) is 4.99 Å². The molecule has 34 heavy (non-hydrogen) atoms. The van der Waals surface area contributed by atoms with Crippen LogP contribution in [0.25, 0.3) is 11.1 Å². The van der Waals surface area contributed by atoms with E-state index in [-0.39, 0.29) is 17.4 Å². The van der Waals surface area contributed by atoms with E-state index in [0.717, 1.165) is 33.7 Å². The molecule has 1 aromatic heterocycles. The normalized spacial score (nSPS) is 13.7. The number of nitrogens with zero attached hydrogens (tertiary/aromatic N) is 2. The van der Waals surface area contributed by atoms with Gasteiger partial charge in [-0.3, -0.25) is 9.69 Å². The summed E-state index contributed by atoms with van der Waals surface area (Å²) in [6.07, 6.45) is 2.07. The van der Waals surface area contributed by atoms with Gasteiger partial charge in [-0.25, -0.2) is 22.7 Å². The van der Waals surface area contributed by atoms with Crippen molar-refractivity contribution in [2.45, 2.75) is 50.8 Å². The third kappa shape index (κ3) is 6.29. The Morgan fingerprint density at radius 2 is 2.00 bits per heavy atom. The molecule has 3 rings (SSSR count). The summed E-state index contributed by atoms with van der Waals surface area (Å²) in [4.78, 5) is 41.1. The number of aliphatic imine (C=N–C) groups is 1. The molecule has 0 saturated carbocycles. The van der Waals surface area contributed by atoms with Crippen molar-refractivity contribution in [1.29, 1.82) is 0 Å². The Kier molecular flexibility index (Phi) is 8.21. The summed E-state index contributed by atoms with van der Waals surface area (Å²) < 4.78 is 33.2. The maximum absolute atomic E-state index is 13.1. The number of carbonyl (C=O) groups is 3. The zero-order chi connectivity index (χ0) is 24.9. The first-order valence-electron chi connectivity index (χ1n) is 10.9. The first kappa shape index (κ1) is 25.6. The number of rotatable bonds is 10. The summed E-state index contributed by atoms with van der Waals surface area (Å²) in [6, 6.07) is 8.09. The number of hydrogen-bond acceptors (Lipinski definition) is 7. The van der Waals surface area contributed by atoms with E-state index in [2.05, 4.69) is 4.99 Å².